The first-order chi connectivity index (χ1) is 11.7. The van der Waals surface area contributed by atoms with E-state index in [9.17, 15) is 9.90 Å². The highest BCUT2D eigenvalue weighted by molar-refractivity contribution is 5.97. The largest absolute Gasteiger partial charge is 0.508 e. The summed E-state index contributed by atoms with van der Waals surface area (Å²) in [6, 6.07) is 14.3. The summed E-state index contributed by atoms with van der Waals surface area (Å²) < 4.78 is 5.55. The second-order valence-electron chi connectivity index (χ2n) is 5.54. The highest BCUT2D eigenvalue weighted by atomic mass is 16.3. The molecule has 24 heavy (non-hydrogen) atoms. The number of hydrogen-bond donors (Lipinski definition) is 3. The molecule has 0 unspecified atom stereocenters. The first-order valence-corrected chi connectivity index (χ1v) is 7.63. The van der Waals surface area contributed by atoms with Gasteiger partial charge in [0.15, 0.2) is 11.5 Å². The van der Waals surface area contributed by atoms with Crippen LogP contribution in [0.5, 0.6) is 5.75 Å². The van der Waals surface area contributed by atoms with Gasteiger partial charge < -0.3 is 19.8 Å². The zero-order valence-corrected chi connectivity index (χ0v) is 12.7. The van der Waals surface area contributed by atoms with Crippen LogP contribution in [0.1, 0.15) is 16.4 Å². The minimum Gasteiger partial charge on any atom is -0.508 e. The Bertz CT molecular complexity index is 999. The number of para-hydroxylation sites is 1. The number of aromatic amines is 1. The van der Waals surface area contributed by atoms with Crippen molar-refractivity contribution in [3.8, 4) is 5.75 Å². The highest BCUT2D eigenvalue weighted by Gasteiger charge is 2.10. The number of benzene rings is 2. The SMILES string of the molecule is O=C(NCCc1nc2ccc(O)cc2o1)c1cc2ccccc2[nH]1. The van der Waals surface area contributed by atoms with Gasteiger partial charge in [0, 0.05) is 29.9 Å². The molecule has 4 aromatic rings. The summed E-state index contributed by atoms with van der Waals surface area (Å²) in [5.41, 5.74) is 2.68. The maximum atomic E-state index is 12.2. The minimum absolute atomic E-state index is 0.136. The quantitative estimate of drug-likeness (QED) is 0.539. The number of oxazole rings is 1. The second kappa shape index (κ2) is 5.73. The lowest BCUT2D eigenvalue weighted by Gasteiger charge is -2.01. The summed E-state index contributed by atoms with van der Waals surface area (Å²) >= 11 is 0. The molecular weight excluding hydrogens is 306 g/mol. The molecular formula is C18H15N3O3. The Morgan fingerprint density at radius 1 is 1.21 bits per heavy atom. The van der Waals surface area contributed by atoms with Gasteiger partial charge in [-0.15, -0.1) is 0 Å². The summed E-state index contributed by atoms with van der Waals surface area (Å²) in [6.45, 7) is 0.410. The first-order valence-electron chi connectivity index (χ1n) is 7.63. The molecule has 0 saturated carbocycles. The van der Waals surface area contributed by atoms with Gasteiger partial charge in [0.2, 0.25) is 0 Å². The monoisotopic (exact) mass is 321 g/mol. The van der Waals surface area contributed by atoms with E-state index >= 15 is 0 Å². The molecule has 2 heterocycles. The van der Waals surface area contributed by atoms with Gasteiger partial charge in [0.25, 0.3) is 5.91 Å². The Morgan fingerprint density at radius 3 is 2.96 bits per heavy atom. The zero-order chi connectivity index (χ0) is 16.5. The van der Waals surface area contributed by atoms with E-state index in [1.165, 1.54) is 6.07 Å². The third kappa shape index (κ3) is 2.69. The fraction of sp³-hybridized carbons (Fsp3) is 0.111. The minimum atomic E-state index is -0.167. The van der Waals surface area contributed by atoms with Crippen LogP contribution in [-0.2, 0) is 6.42 Å². The maximum absolute atomic E-state index is 12.2. The van der Waals surface area contributed by atoms with Crippen LogP contribution in [0.3, 0.4) is 0 Å². The summed E-state index contributed by atoms with van der Waals surface area (Å²) in [4.78, 5) is 19.6. The van der Waals surface area contributed by atoms with Crippen molar-refractivity contribution in [1.29, 1.82) is 0 Å². The van der Waals surface area contributed by atoms with E-state index in [1.54, 1.807) is 12.1 Å². The van der Waals surface area contributed by atoms with E-state index in [-0.39, 0.29) is 11.7 Å². The van der Waals surface area contributed by atoms with Crippen molar-refractivity contribution in [2.24, 2.45) is 0 Å². The Kier molecular flexibility index (Phi) is 3.42. The molecule has 6 nitrogen and oxygen atoms in total. The third-order valence-electron chi connectivity index (χ3n) is 3.82. The van der Waals surface area contributed by atoms with Crippen molar-refractivity contribution in [2.75, 3.05) is 6.54 Å². The summed E-state index contributed by atoms with van der Waals surface area (Å²) in [5, 5.41) is 13.3. The molecule has 0 saturated heterocycles. The van der Waals surface area contributed by atoms with Crippen molar-refractivity contribution >= 4 is 27.9 Å². The highest BCUT2D eigenvalue weighted by Crippen LogP contribution is 2.20. The van der Waals surface area contributed by atoms with Gasteiger partial charge in [-0.05, 0) is 24.3 Å². The van der Waals surface area contributed by atoms with Crippen LogP contribution in [-0.4, -0.2) is 27.5 Å². The Balaban J connectivity index is 1.41. The van der Waals surface area contributed by atoms with E-state index in [0.717, 1.165) is 10.9 Å². The molecule has 0 bridgehead atoms. The normalized spacial score (nSPS) is 11.2. The number of aromatic nitrogens is 2. The topological polar surface area (TPSA) is 91.2 Å². The predicted molar refractivity (Wildman–Crippen MR) is 90.0 cm³/mol. The number of hydrogen-bond acceptors (Lipinski definition) is 4. The van der Waals surface area contributed by atoms with Gasteiger partial charge in [-0.25, -0.2) is 4.98 Å². The van der Waals surface area contributed by atoms with Crippen LogP contribution in [0.2, 0.25) is 0 Å². The molecule has 0 atom stereocenters. The molecule has 0 radical (unpaired) electrons. The zero-order valence-electron chi connectivity index (χ0n) is 12.7. The number of fused-ring (bicyclic) bond motifs is 2. The van der Waals surface area contributed by atoms with Crippen LogP contribution < -0.4 is 5.32 Å². The van der Waals surface area contributed by atoms with Crippen LogP contribution in [0.15, 0.2) is 52.9 Å². The Hall–Kier alpha value is -3.28. The van der Waals surface area contributed by atoms with Gasteiger partial charge in [0.05, 0.1) is 0 Å². The molecule has 120 valence electrons. The van der Waals surface area contributed by atoms with Gasteiger partial charge in [0.1, 0.15) is 17.0 Å². The van der Waals surface area contributed by atoms with Crippen LogP contribution in [0.4, 0.5) is 0 Å². The summed E-state index contributed by atoms with van der Waals surface area (Å²) in [6.07, 6.45) is 0.474. The number of aromatic hydroxyl groups is 1. The fourth-order valence-electron chi connectivity index (χ4n) is 2.64. The van der Waals surface area contributed by atoms with Gasteiger partial charge >= 0.3 is 0 Å². The van der Waals surface area contributed by atoms with Gasteiger partial charge in [-0.2, -0.15) is 0 Å². The van der Waals surface area contributed by atoms with E-state index in [1.807, 2.05) is 30.3 Å². The average molecular weight is 321 g/mol. The lowest BCUT2D eigenvalue weighted by atomic mass is 10.2. The molecule has 0 aliphatic carbocycles. The van der Waals surface area contributed by atoms with E-state index in [4.69, 9.17) is 4.42 Å². The first kappa shape index (κ1) is 14.3. The molecule has 0 fully saturated rings. The number of H-pyrrole nitrogens is 1. The standard InChI is InChI=1S/C18H15N3O3/c22-12-5-6-14-16(10-12)24-17(21-14)7-8-19-18(23)15-9-11-3-1-2-4-13(11)20-15/h1-6,9-10,20,22H,7-8H2,(H,19,23). The van der Waals surface area contributed by atoms with E-state index < -0.39 is 0 Å². The second-order valence-corrected chi connectivity index (χ2v) is 5.54. The van der Waals surface area contributed by atoms with Crippen LogP contribution in [0, 0.1) is 0 Å². The molecule has 3 N–H and O–H groups in total. The number of amides is 1. The molecule has 0 aliphatic heterocycles. The number of phenols is 1. The lowest BCUT2D eigenvalue weighted by Crippen LogP contribution is -2.26. The molecule has 2 aromatic carbocycles. The molecule has 0 spiro atoms. The third-order valence-corrected chi connectivity index (χ3v) is 3.82. The summed E-state index contributed by atoms with van der Waals surface area (Å²) in [7, 11) is 0. The maximum Gasteiger partial charge on any atom is 0.267 e. The lowest BCUT2D eigenvalue weighted by molar-refractivity contribution is 0.0949. The molecule has 4 rings (SSSR count). The van der Waals surface area contributed by atoms with Crippen molar-refractivity contribution < 1.29 is 14.3 Å². The van der Waals surface area contributed by atoms with Crippen molar-refractivity contribution in [1.82, 2.24) is 15.3 Å². The molecule has 1 amide bonds. The predicted octanol–water partition coefficient (Wildman–Crippen LogP) is 2.99. The van der Waals surface area contributed by atoms with E-state index in [2.05, 4.69) is 15.3 Å². The van der Waals surface area contributed by atoms with Crippen LogP contribution >= 0.6 is 0 Å². The molecule has 0 aliphatic rings. The Morgan fingerprint density at radius 2 is 2.08 bits per heavy atom. The molecule has 6 heteroatoms. The average Bonchev–Trinajstić information content (AvgIpc) is 3.17. The van der Waals surface area contributed by atoms with Crippen molar-refractivity contribution in [2.45, 2.75) is 6.42 Å². The number of nitrogens with zero attached hydrogens (tertiary/aromatic N) is 1. The number of rotatable bonds is 4. The summed E-state index contributed by atoms with van der Waals surface area (Å²) in [5.74, 6) is 0.491. The molecule has 2 aromatic heterocycles. The number of carbonyl (C=O) groups excluding carboxylic acids is 1. The smallest absolute Gasteiger partial charge is 0.267 e. The van der Waals surface area contributed by atoms with Gasteiger partial charge in [-0.1, -0.05) is 18.2 Å². The van der Waals surface area contributed by atoms with E-state index in [0.29, 0.717) is 35.6 Å². The van der Waals surface area contributed by atoms with Crippen molar-refractivity contribution in [3.05, 3.63) is 60.1 Å². The van der Waals surface area contributed by atoms with Crippen LogP contribution in [0.25, 0.3) is 22.0 Å². The number of nitrogens with one attached hydrogen (secondary N) is 2. The van der Waals surface area contributed by atoms with Crippen molar-refractivity contribution in [3.63, 3.8) is 0 Å². The fourth-order valence-corrected chi connectivity index (χ4v) is 2.64. The Labute approximate surface area is 137 Å². The van der Waals surface area contributed by atoms with Gasteiger partial charge in [-0.3, -0.25) is 4.79 Å². The number of carbonyl (C=O) groups is 1. The number of phenolic OH excluding ortho intramolecular Hbond substituents is 1.